The summed E-state index contributed by atoms with van der Waals surface area (Å²) in [7, 11) is 0. The van der Waals surface area contributed by atoms with Gasteiger partial charge in [-0.05, 0) is 50.8 Å². The second-order valence-electron chi connectivity index (χ2n) is 7.54. The number of carbonyl (C=O) groups excluding carboxylic acids is 1. The summed E-state index contributed by atoms with van der Waals surface area (Å²) < 4.78 is 1.83. The SMILES string of the molecule is Cc1nc2c(C#N)cnn2c(C)c1CCC(=O)NCC1(Sc2ccccc2)CC1. The summed E-state index contributed by atoms with van der Waals surface area (Å²) in [4.78, 5) is 18.3. The molecule has 1 aliphatic rings. The molecule has 6 nitrogen and oxygen atoms in total. The first-order chi connectivity index (χ1) is 14.0. The van der Waals surface area contributed by atoms with Crippen LogP contribution in [0.5, 0.6) is 0 Å². The molecular formula is C22H23N5OS. The summed E-state index contributed by atoms with van der Waals surface area (Å²) >= 11 is 1.86. The number of nitrogens with one attached hydrogen (secondary N) is 1. The predicted molar refractivity (Wildman–Crippen MR) is 113 cm³/mol. The van der Waals surface area contributed by atoms with Crippen LogP contribution in [0.15, 0.2) is 41.4 Å². The van der Waals surface area contributed by atoms with Gasteiger partial charge >= 0.3 is 0 Å². The fraction of sp³-hybridized carbons (Fsp3) is 0.364. The van der Waals surface area contributed by atoms with Gasteiger partial charge in [0.2, 0.25) is 5.91 Å². The van der Waals surface area contributed by atoms with Crippen molar-refractivity contribution in [2.45, 2.75) is 49.2 Å². The molecular weight excluding hydrogens is 382 g/mol. The van der Waals surface area contributed by atoms with Gasteiger partial charge < -0.3 is 5.32 Å². The molecule has 1 saturated carbocycles. The van der Waals surface area contributed by atoms with Crippen LogP contribution >= 0.6 is 11.8 Å². The summed E-state index contributed by atoms with van der Waals surface area (Å²) in [5.41, 5.74) is 3.83. The number of aromatic nitrogens is 3. The summed E-state index contributed by atoms with van der Waals surface area (Å²) in [5, 5.41) is 16.6. The van der Waals surface area contributed by atoms with Crippen LogP contribution in [0, 0.1) is 25.2 Å². The Morgan fingerprint density at radius 3 is 2.76 bits per heavy atom. The lowest BCUT2D eigenvalue weighted by molar-refractivity contribution is -0.121. The first-order valence-electron chi connectivity index (χ1n) is 9.76. The molecule has 0 atom stereocenters. The molecule has 0 bridgehead atoms. The van der Waals surface area contributed by atoms with Crippen molar-refractivity contribution in [3.8, 4) is 6.07 Å². The third kappa shape index (κ3) is 4.13. The predicted octanol–water partition coefficient (Wildman–Crippen LogP) is 3.59. The van der Waals surface area contributed by atoms with Crippen LogP contribution in [0.1, 0.15) is 41.8 Å². The zero-order valence-electron chi connectivity index (χ0n) is 16.6. The van der Waals surface area contributed by atoms with E-state index < -0.39 is 0 Å². The van der Waals surface area contributed by atoms with Crippen LogP contribution in [0.2, 0.25) is 0 Å². The Balaban J connectivity index is 1.36. The number of benzene rings is 1. The van der Waals surface area contributed by atoms with E-state index in [1.807, 2.05) is 43.8 Å². The Kier molecular flexibility index (Phi) is 5.29. The fourth-order valence-corrected chi connectivity index (χ4v) is 4.77. The molecule has 0 aliphatic heterocycles. The molecule has 2 heterocycles. The van der Waals surface area contributed by atoms with Crippen molar-refractivity contribution in [3.05, 3.63) is 59.0 Å². The highest BCUT2D eigenvalue weighted by Gasteiger charge is 2.43. The minimum Gasteiger partial charge on any atom is -0.355 e. The summed E-state index contributed by atoms with van der Waals surface area (Å²) in [6.07, 6.45) is 4.81. The third-order valence-electron chi connectivity index (χ3n) is 5.42. The van der Waals surface area contributed by atoms with Crippen LogP contribution in [-0.2, 0) is 11.2 Å². The molecule has 1 aliphatic carbocycles. The van der Waals surface area contributed by atoms with Crippen LogP contribution in [-0.4, -0.2) is 31.8 Å². The van der Waals surface area contributed by atoms with Crippen molar-refractivity contribution < 1.29 is 4.79 Å². The summed E-state index contributed by atoms with van der Waals surface area (Å²) in [6.45, 7) is 4.58. The number of carbonyl (C=O) groups is 1. The number of hydrogen-bond donors (Lipinski definition) is 1. The topological polar surface area (TPSA) is 83.1 Å². The van der Waals surface area contributed by atoms with Gasteiger partial charge in [0.1, 0.15) is 11.6 Å². The maximum absolute atomic E-state index is 12.5. The van der Waals surface area contributed by atoms with Crippen molar-refractivity contribution in [1.29, 1.82) is 5.26 Å². The van der Waals surface area contributed by atoms with Crippen molar-refractivity contribution in [2.75, 3.05) is 6.54 Å². The second kappa shape index (κ2) is 7.88. The zero-order valence-corrected chi connectivity index (χ0v) is 17.4. The smallest absolute Gasteiger partial charge is 0.220 e. The molecule has 1 N–H and O–H groups in total. The van der Waals surface area contributed by atoms with E-state index >= 15 is 0 Å². The van der Waals surface area contributed by atoms with E-state index in [0.717, 1.165) is 29.8 Å². The number of fused-ring (bicyclic) bond motifs is 1. The molecule has 1 aromatic carbocycles. The summed E-state index contributed by atoms with van der Waals surface area (Å²) in [6, 6.07) is 12.5. The molecule has 29 heavy (non-hydrogen) atoms. The van der Waals surface area contributed by atoms with E-state index in [-0.39, 0.29) is 10.7 Å². The fourth-order valence-electron chi connectivity index (χ4n) is 3.53. The number of amides is 1. The Labute approximate surface area is 174 Å². The van der Waals surface area contributed by atoms with Crippen LogP contribution < -0.4 is 5.32 Å². The number of thioether (sulfide) groups is 1. The molecule has 0 radical (unpaired) electrons. The number of hydrogen-bond acceptors (Lipinski definition) is 5. The van der Waals surface area contributed by atoms with Gasteiger partial charge in [0.05, 0.1) is 6.20 Å². The molecule has 1 fully saturated rings. The number of nitrogens with zero attached hydrogens (tertiary/aromatic N) is 4. The lowest BCUT2D eigenvalue weighted by Gasteiger charge is -2.16. The molecule has 4 rings (SSSR count). The largest absolute Gasteiger partial charge is 0.355 e. The number of aryl methyl sites for hydroxylation is 2. The van der Waals surface area contributed by atoms with E-state index in [9.17, 15) is 10.1 Å². The van der Waals surface area contributed by atoms with Crippen molar-refractivity contribution in [3.63, 3.8) is 0 Å². The van der Waals surface area contributed by atoms with E-state index in [4.69, 9.17) is 0 Å². The van der Waals surface area contributed by atoms with Crippen molar-refractivity contribution in [1.82, 2.24) is 19.9 Å². The number of rotatable bonds is 7. The standard InChI is InChI=1S/C22H23N5OS/c1-15-19(16(2)27-21(26-15)17(12-23)13-25-27)8-9-20(28)24-14-22(10-11-22)29-18-6-4-3-5-7-18/h3-7,13H,8-11,14H2,1-2H3,(H,24,28). The zero-order chi connectivity index (χ0) is 20.4. The van der Waals surface area contributed by atoms with Gasteiger partial charge in [-0.25, -0.2) is 9.50 Å². The Morgan fingerprint density at radius 2 is 2.07 bits per heavy atom. The highest BCUT2D eigenvalue weighted by Crippen LogP contribution is 2.51. The van der Waals surface area contributed by atoms with Crippen molar-refractivity contribution >= 4 is 23.3 Å². The Morgan fingerprint density at radius 1 is 1.31 bits per heavy atom. The monoisotopic (exact) mass is 405 g/mol. The van der Waals surface area contributed by atoms with E-state index in [1.165, 1.54) is 11.1 Å². The van der Waals surface area contributed by atoms with E-state index in [0.29, 0.717) is 30.6 Å². The highest BCUT2D eigenvalue weighted by atomic mass is 32.2. The average molecular weight is 406 g/mol. The molecule has 148 valence electrons. The van der Waals surface area contributed by atoms with Gasteiger partial charge in [0.15, 0.2) is 5.65 Å². The lowest BCUT2D eigenvalue weighted by atomic mass is 10.1. The van der Waals surface area contributed by atoms with Crippen LogP contribution in [0.4, 0.5) is 0 Å². The Bertz CT molecular complexity index is 1100. The van der Waals surface area contributed by atoms with Crippen molar-refractivity contribution in [2.24, 2.45) is 0 Å². The summed E-state index contributed by atoms with van der Waals surface area (Å²) in [5.74, 6) is 0.0574. The average Bonchev–Trinajstić information content (AvgIpc) is 3.36. The minimum absolute atomic E-state index is 0.0574. The first kappa shape index (κ1) is 19.5. The van der Waals surface area contributed by atoms with Gasteiger partial charge in [-0.15, -0.1) is 11.8 Å². The molecule has 0 saturated heterocycles. The maximum atomic E-state index is 12.5. The highest BCUT2D eigenvalue weighted by molar-refractivity contribution is 8.01. The van der Waals surface area contributed by atoms with Gasteiger partial charge in [-0.2, -0.15) is 10.4 Å². The van der Waals surface area contributed by atoms with Crippen LogP contribution in [0.25, 0.3) is 5.65 Å². The normalized spacial score (nSPS) is 14.5. The molecule has 0 spiro atoms. The lowest BCUT2D eigenvalue weighted by Crippen LogP contribution is -2.32. The Hall–Kier alpha value is -2.85. The maximum Gasteiger partial charge on any atom is 0.220 e. The number of nitriles is 1. The molecule has 3 aromatic rings. The first-order valence-corrected chi connectivity index (χ1v) is 10.6. The quantitative estimate of drug-likeness (QED) is 0.649. The molecule has 7 heteroatoms. The molecule has 1 amide bonds. The second-order valence-corrected chi connectivity index (χ2v) is 9.08. The van der Waals surface area contributed by atoms with E-state index in [1.54, 1.807) is 4.52 Å². The molecule has 2 aromatic heterocycles. The molecule has 0 unspecified atom stereocenters. The van der Waals surface area contributed by atoms with Gasteiger partial charge in [0, 0.05) is 34.0 Å². The van der Waals surface area contributed by atoms with Crippen LogP contribution in [0.3, 0.4) is 0 Å². The van der Waals surface area contributed by atoms with Gasteiger partial charge in [-0.3, -0.25) is 4.79 Å². The van der Waals surface area contributed by atoms with E-state index in [2.05, 4.69) is 33.6 Å². The van der Waals surface area contributed by atoms with Gasteiger partial charge in [-0.1, -0.05) is 18.2 Å². The third-order valence-corrected chi connectivity index (χ3v) is 6.92. The van der Waals surface area contributed by atoms with Gasteiger partial charge in [0.25, 0.3) is 0 Å². The minimum atomic E-state index is 0.0574.